The molecule has 0 bridgehead atoms. The number of hydrogen-bond donors (Lipinski definition) is 1. The summed E-state index contributed by atoms with van der Waals surface area (Å²) in [4.78, 5) is 12.4. The highest BCUT2D eigenvalue weighted by Crippen LogP contribution is 2.46. The van der Waals surface area contributed by atoms with Crippen LogP contribution in [0.1, 0.15) is 80.0 Å². The molecule has 3 nitrogen and oxygen atoms in total. The number of aliphatic carboxylic acids is 1. The van der Waals surface area contributed by atoms with Crippen LogP contribution in [0.3, 0.4) is 0 Å². The topological polar surface area (TPSA) is 46.5 Å². The third-order valence-corrected chi connectivity index (χ3v) is 7.86. The summed E-state index contributed by atoms with van der Waals surface area (Å²) in [6.45, 7) is 9.88. The standard InChI is InChI=1S/C28H32O3S/c1-27(2)13-14-28(3,4)24-16-19(7-12-23(24)27)18-31-21-10-8-20(9-11-21)22(17-26(29)30)25-6-5-15-32-25/h5-12,15-16,22H,13-14,17-18H2,1-4H3,(H,29,30)/t22-/m1/s1. The molecular weight excluding hydrogens is 416 g/mol. The lowest BCUT2D eigenvalue weighted by Gasteiger charge is -2.42. The molecule has 4 heteroatoms. The van der Waals surface area contributed by atoms with Gasteiger partial charge in [-0.05, 0) is 69.5 Å². The Morgan fingerprint density at radius 1 is 1.00 bits per heavy atom. The summed E-state index contributed by atoms with van der Waals surface area (Å²) >= 11 is 1.60. The van der Waals surface area contributed by atoms with E-state index in [2.05, 4.69) is 45.9 Å². The third kappa shape index (κ3) is 4.75. The molecule has 0 aliphatic heterocycles. The molecule has 1 heterocycles. The maximum Gasteiger partial charge on any atom is 0.304 e. The van der Waals surface area contributed by atoms with Crippen molar-refractivity contribution in [3.8, 4) is 5.75 Å². The fourth-order valence-corrected chi connectivity index (χ4v) is 5.59. The monoisotopic (exact) mass is 448 g/mol. The van der Waals surface area contributed by atoms with Gasteiger partial charge in [0, 0.05) is 10.8 Å². The van der Waals surface area contributed by atoms with Crippen LogP contribution < -0.4 is 4.74 Å². The van der Waals surface area contributed by atoms with E-state index in [0.29, 0.717) is 6.61 Å². The van der Waals surface area contributed by atoms with Crippen LogP contribution in [0.4, 0.5) is 0 Å². The molecule has 1 aromatic heterocycles. The van der Waals surface area contributed by atoms with E-state index in [1.54, 1.807) is 11.3 Å². The van der Waals surface area contributed by atoms with Crippen LogP contribution in [0.15, 0.2) is 60.0 Å². The van der Waals surface area contributed by atoms with Gasteiger partial charge in [0.2, 0.25) is 0 Å². The molecule has 32 heavy (non-hydrogen) atoms. The van der Waals surface area contributed by atoms with Crippen molar-refractivity contribution in [1.29, 1.82) is 0 Å². The predicted octanol–water partition coefficient (Wildman–Crippen LogP) is 7.28. The van der Waals surface area contributed by atoms with Crippen LogP contribution in [0, 0.1) is 0 Å². The largest absolute Gasteiger partial charge is 0.489 e. The number of rotatable bonds is 7. The van der Waals surface area contributed by atoms with Gasteiger partial charge in [-0.3, -0.25) is 4.79 Å². The Morgan fingerprint density at radius 2 is 1.69 bits per heavy atom. The van der Waals surface area contributed by atoms with Gasteiger partial charge in [-0.15, -0.1) is 11.3 Å². The van der Waals surface area contributed by atoms with Crippen LogP contribution in [-0.4, -0.2) is 11.1 Å². The van der Waals surface area contributed by atoms with Gasteiger partial charge in [0.1, 0.15) is 12.4 Å². The van der Waals surface area contributed by atoms with E-state index in [9.17, 15) is 9.90 Å². The molecule has 1 aliphatic carbocycles. The number of carbonyl (C=O) groups is 1. The Morgan fingerprint density at radius 3 is 2.31 bits per heavy atom. The first-order valence-electron chi connectivity index (χ1n) is 11.3. The molecular formula is C28H32O3S. The molecule has 168 valence electrons. The molecule has 0 amide bonds. The van der Waals surface area contributed by atoms with Crippen LogP contribution in [-0.2, 0) is 22.2 Å². The zero-order valence-corrected chi connectivity index (χ0v) is 20.2. The Labute approximate surface area is 195 Å². The predicted molar refractivity (Wildman–Crippen MR) is 131 cm³/mol. The molecule has 3 aromatic rings. The summed E-state index contributed by atoms with van der Waals surface area (Å²) in [5, 5.41) is 11.3. The second kappa shape index (κ2) is 8.74. The first kappa shape index (κ1) is 22.6. The van der Waals surface area contributed by atoms with Crippen molar-refractivity contribution >= 4 is 17.3 Å². The average Bonchev–Trinajstić information content (AvgIpc) is 3.29. The number of benzene rings is 2. The molecule has 0 saturated carbocycles. The summed E-state index contributed by atoms with van der Waals surface area (Å²) in [5.74, 6) is -0.124. The Balaban J connectivity index is 1.49. The molecule has 1 N–H and O–H groups in total. The molecule has 4 rings (SSSR count). The van der Waals surface area contributed by atoms with Gasteiger partial charge in [-0.25, -0.2) is 0 Å². The van der Waals surface area contributed by atoms with Crippen LogP contribution in [0.5, 0.6) is 5.75 Å². The van der Waals surface area contributed by atoms with E-state index in [-0.39, 0.29) is 23.2 Å². The van der Waals surface area contributed by atoms with E-state index >= 15 is 0 Å². The molecule has 0 saturated heterocycles. The van der Waals surface area contributed by atoms with E-state index in [0.717, 1.165) is 16.2 Å². The van der Waals surface area contributed by atoms with Crippen LogP contribution >= 0.6 is 11.3 Å². The van der Waals surface area contributed by atoms with Crippen LogP contribution in [0.2, 0.25) is 0 Å². The van der Waals surface area contributed by atoms with Gasteiger partial charge < -0.3 is 9.84 Å². The maximum absolute atomic E-state index is 11.4. The lowest BCUT2D eigenvalue weighted by atomic mass is 9.63. The zero-order valence-electron chi connectivity index (χ0n) is 19.4. The summed E-state index contributed by atoms with van der Waals surface area (Å²) in [5.41, 5.74) is 5.48. The Bertz CT molecular complexity index is 1080. The van der Waals surface area contributed by atoms with Gasteiger partial charge in [0.15, 0.2) is 0 Å². The highest BCUT2D eigenvalue weighted by atomic mass is 32.1. The second-order valence-electron chi connectivity index (χ2n) is 10.2. The smallest absolute Gasteiger partial charge is 0.304 e. The minimum Gasteiger partial charge on any atom is -0.489 e. The number of carboxylic acid groups (broad SMARTS) is 1. The first-order valence-corrected chi connectivity index (χ1v) is 12.2. The highest BCUT2D eigenvalue weighted by molar-refractivity contribution is 7.10. The molecule has 1 atom stereocenters. The minimum absolute atomic E-state index is 0.0853. The number of thiophene rings is 1. The van der Waals surface area contributed by atoms with E-state index in [1.165, 1.54) is 29.5 Å². The van der Waals surface area contributed by atoms with Crippen molar-refractivity contribution in [2.45, 2.75) is 70.3 Å². The average molecular weight is 449 g/mol. The summed E-state index contributed by atoms with van der Waals surface area (Å²) in [6.07, 6.45) is 2.49. The normalized spacial score (nSPS) is 17.4. The minimum atomic E-state index is -0.790. The molecule has 2 aromatic carbocycles. The number of carboxylic acids is 1. The summed E-state index contributed by atoms with van der Waals surface area (Å²) in [6, 6.07) is 18.6. The molecule has 0 radical (unpaired) electrons. The van der Waals surface area contributed by atoms with Gasteiger partial charge >= 0.3 is 5.97 Å². The van der Waals surface area contributed by atoms with Crippen molar-refractivity contribution in [3.05, 3.63) is 87.1 Å². The fraction of sp³-hybridized carbons (Fsp3) is 0.393. The van der Waals surface area contributed by atoms with E-state index in [4.69, 9.17) is 4.74 Å². The number of hydrogen-bond acceptors (Lipinski definition) is 3. The van der Waals surface area contributed by atoms with Crippen molar-refractivity contribution in [3.63, 3.8) is 0 Å². The molecule has 0 spiro atoms. The maximum atomic E-state index is 11.4. The van der Waals surface area contributed by atoms with Gasteiger partial charge in [0.25, 0.3) is 0 Å². The molecule has 0 unspecified atom stereocenters. The van der Waals surface area contributed by atoms with Crippen molar-refractivity contribution in [2.24, 2.45) is 0 Å². The summed E-state index contributed by atoms with van der Waals surface area (Å²) in [7, 11) is 0. The number of ether oxygens (including phenoxy) is 1. The van der Waals surface area contributed by atoms with Gasteiger partial charge in [0.05, 0.1) is 6.42 Å². The third-order valence-electron chi connectivity index (χ3n) is 6.87. The lowest BCUT2D eigenvalue weighted by molar-refractivity contribution is -0.137. The van der Waals surface area contributed by atoms with Crippen molar-refractivity contribution < 1.29 is 14.6 Å². The van der Waals surface area contributed by atoms with Gasteiger partial charge in [-0.2, -0.15) is 0 Å². The molecule has 0 fully saturated rings. The van der Waals surface area contributed by atoms with Crippen molar-refractivity contribution in [2.75, 3.05) is 0 Å². The van der Waals surface area contributed by atoms with E-state index in [1.807, 2.05) is 41.8 Å². The Hall–Kier alpha value is -2.59. The first-order chi connectivity index (χ1) is 15.2. The summed E-state index contributed by atoms with van der Waals surface area (Å²) < 4.78 is 6.10. The van der Waals surface area contributed by atoms with Gasteiger partial charge in [-0.1, -0.05) is 64.1 Å². The second-order valence-corrected chi connectivity index (χ2v) is 11.2. The van der Waals surface area contributed by atoms with Crippen LogP contribution in [0.25, 0.3) is 0 Å². The SMILES string of the molecule is CC1(C)CCC(C)(C)c2cc(COc3ccc([C@@H](CC(=O)O)c4cccs4)cc3)ccc21. The molecule has 1 aliphatic rings. The lowest BCUT2D eigenvalue weighted by Crippen LogP contribution is -2.33. The fourth-order valence-electron chi connectivity index (χ4n) is 4.74. The zero-order chi connectivity index (χ0) is 22.9. The van der Waals surface area contributed by atoms with Crippen molar-refractivity contribution in [1.82, 2.24) is 0 Å². The number of fused-ring (bicyclic) bond motifs is 1. The quantitative estimate of drug-likeness (QED) is 0.413. The highest BCUT2D eigenvalue weighted by Gasteiger charge is 2.36. The Kier molecular flexibility index (Phi) is 6.17. The van der Waals surface area contributed by atoms with E-state index < -0.39 is 5.97 Å².